The Morgan fingerprint density at radius 2 is 1.90 bits per heavy atom. The number of carbonyl (C=O) groups excluding carboxylic acids is 1. The van der Waals surface area contributed by atoms with Gasteiger partial charge in [-0.2, -0.15) is 0 Å². The Kier molecular flexibility index (Phi) is 6.50. The van der Waals surface area contributed by atoms with E-state index in [9.17, 15) is 4.79 Å². The van der Waals surface area contributed by atoms with Gasteiger partial charge in [0.15, 0.2) is 0 Å². The second kappa shape index (κ2) is 7.44. The van der Waals surface area contributed by atoms with Crippen LogP contribution in [0, 0.1) is 11.3 Å². The van der Waals surface area contributed by atoms with Gasteiger partial charge >= 0.3 is 5.97 Å². The SMILES string of the molecule is CCCNC1(CC(=O)OC)CCC(C(C)(C)CC)CC1. The van der Waals surface area contributed by atoms with Gasteiger partial charge in [0, 0.05) is 5.54 Å². The highest BCUT2D eigenvalue weighted by atomic mass is 16.5. The highest BCUT2D eigenvalue weighted by molar-refractivity contribution is 5.70. The van der Waals surface area contributed by atoms with E-state index >= 15 is 0 Å². The van der Waals surface area contributed by atoms with E-state index in [2.05, 4.69) is 33.0 Å². The minimum absolute atomic E-state index is 0.0244. The second-order valence-electron chi connectivity index (χ2n) is 7.08. The summed E-state index contributed by atoms with van der Waals surface area (Å²) in [6.45, 7) is 10.2. The molecule has 0 unspecified atom stereocenters. The molecule has 1 rings (SSSR count). The van der Waals surface area contributed by atoms with Crippen molar-refractivity contribution in [1.29, 1.82) is 0 Å². The summed E-state index contributed by atoms with van der Waals surface area (Å²) in [6.07, 6.45) is 7.47. The summed E-state index contributed by atoms with van der Waals surface area (Å²) in [6, 6.07) is 0. The van der Waals surface area contributed by atoms with Crippen LogP contribution in [-0.2, 0) is 9.53 Å². The maximum absolute atomic E-state index is 11.7. The summed E-state index contributed by atoms with van der Waals surface area (Å²) in [5.41, 5.74) is 0.394. The van der Waals surface area contributed by atoms with Crippen molar-refractivity contribution < 1.29 is 9.53 Å². The van der Waals surface area contributed by atoms with Gasteiger partial charge in [0.1, 0.15) is 0 Å². The highest BCUT2D eigenvalue weighted by Crippen LogP contribution is 2.44. The highest BCUT2D eigenvalue weighted by Gasteiger charge is 2.40. The molecule has 1 N–H and O–H groups in total. The zero-order chi connectivity index (χ0) is 15.2. The Labute approximate surface area is 124 Å². The minimum atomic E-state index is -0.0817. The van der Waals surface area contributed by atoms with Crippen LogP contribution >= 0.6 is 0 Å². The Morgan fingerprint density at radius 3 is 2.35 bits per heavy atom. The van der Waals surface area contributed by atoms with E-state index < -0.39 is 0 Å². The molecular weight excluding hydrogens is 250 g/mol. The molecule has 0 radical (unpaired) electrons. The Morgan fingerprint density at radius 1 is 1.30 bits per heavy atom. The Balaban J connectivity index is 2.68. The Hall–Kier alpha value is -0.570. The Bertz CT molecular complexity index is 304. The van der Waals surface area contributed by atoms with Gasteiger partial charge in [0.2, 0.25) is 0 Å². The van der Waals surface area contributed by atoms with Gasteiger partial charge in [-0.25, -0.2) is 0 Å². The van der Waals surface area contributed by atoms with Crippen molar-refractivity contribution in [3.05, 3.63) is 0 Å². The van der Waals surface area contributed by atoms with E-state index in [0.29, 0.717) is 11.8 Å². The second-order valence-corrected chi connectivity index (χ2v) is 7.08. The van der Waals surface area contributed by atoms with Crippen molar-refractivity contribution in [3.63, 3.8) is 0 Å². The number of esters is 1. The van der Waals surface area contributed by atoms with Gasteiger partial charge in [-0.15, -0.1) is 0 Å². The first-order valence-electron chi connectivity index (χ1n) is 8.21. The third-order valence-electron chi connectivity index (χ3n) is 5.42. The maximum Gasteiger partial charge on any atom is 0.307 e. The summed E-state index contributed by atoms with van der Waals surface area (Å²) in [5, 5.41) is 3.64. The molecule has 118 valence electrons. The molecule has 0 bridgehead atoms. The van der Waals surface area contributed by atoms with Crippen molar-refractivity contribution >= 4 is 5.97 Å². The largest absolute Gasteiger partial charge is 0.469 e. The lowest BCUT2D eigenvalue weighted by Gasteiger charge is -2.45. The van der Waals surface area contributed by atoms with Gasteiger partial charge < -0.3 is 10.1 Å². The topological polar surface area (TPSA) is 38.3 Å². The monoisotopic (exact) mass is 283 g/mol. The van der Waals surface area contributed by atoms with E-state index in [1.165, 1.54) is 26.4 Å². The quantitative estimate of drug-likeness (QED) is 0.720. The fraction of sp³-hybridized carbons (Fsp3) is 0.941. The number of methoxy groups -OCH3 is 1. The first kappa shape index (κ1) is 17.5. The van der Waals surface area contributed by atoms with Crippen LogP contribution in [0.25, 0.3) is 0 Å². The van der Waals surface area contributed by atoms with Crippen molar-refractivity contribution in [3.8, 4) is 0 Å². The zero-order valence-corrected chi connectivity index (χ0v) is 14.1. The molecule has 0 atom stereocenters. The molecule has 1 aliphatic rings. The van der Waals surface area contributed by atoms with E-state index in [1.54, 1.807) is 0 Å². The van der Waals surface area contributed by atoms with Crippen molar-refractivity contribution in [1.82, 2.24) is 5.32 Å². The third kappa shape index (κ3) is 4.47. The number of nitrogens with one attached hydrogen (secondary N) is 1. The smallest absolute Gasteiger partial charge is 0.307 e. The molecule has 0 aromatic carbocycles. The third-order valence-corrected chi connectivity index (χ3v) is 5.42. The summed E-state index contributed by atoms with van der Waals surface area (Å²) in [7, 11) is 1.49. The van der Waals surface area contributed by atoms with Crippen LogP contribution in [0.2, 0.25) is 0 Å². The van der Waals surface area contributed by atoms with Crippen molar-refractivity contribution in [2.75, 3.05) is 13.7 Å². The molecule has 1 fully saturated rings. The van der Waals surface area contributed by atoms with Gasteiger partial charge in [-0.3, -0.25) is 4.79 Å². The van der Waals surface area contributed by atoms with Gasteiger partial charge in [0.05, 0.1) is 13.5 Å². The summed E-state index contributed by atoms with van der Waals surface area (Å²) >= 11 is 0. The van der Waals surface area contributed by atoms with Crippen LogP contribution in [0.15, 0.2) is 0 Å². The van der Waals surface area contributed by atoms with Crippen LogP contribution in [0.3, 0.4) is 0 Å². The fourth-order valence-electron chi connectivity index (χ4n) is 3.40. The average molecular weight is 283 g/mol. The van der Waals surface area contributed by atoms with Crippen LogP contribution in [0.4, 0.5) is 0 Å². The first-order chi connectivity index (χ1) is 9.39. The molecule has 1 saturated carbocycles. The van der Waals surface area contributed by atoms with Crippen LogP contribution in [0.1, 0.15) is 72.6 Å². The lowest BCUT2D eigenvalue weighted by molar-refractivity contribution is -0.143. The average Bonchev–Trinajstić information content (AvgIpc) is 2.45. The maximum atomic E-state index is 11.7. The molecular formula is C17H33NO2. The predicted octanol–water partition coefficient (Wildman–Crippen LogP) is 3.91. The molecule has 3 nitrogen and oxygen atoms in total. The summed E-state index contributed by atoms with van der Waals surface area (Å²) < 4.78 is 4.89. The normalized spacial score (nSPS) is 27.4. The number of ether oxygens (including phenoxy) is 1. The van der Waals surface area contributed by atoms with E-state index in [4.69, 9.17) is 4.74 Å². The van der Waals surface area contributed by atoms with Crippen molar-refractivity contribution in [2.45, 2.75) is 78.2 Å². The van der Waals surface area contributed by atoms with E-state index in [1.807, 2.05) is 0 Å². The lowest BCUT2D eigenvalue weighted by Crippen LogP contribution is -2.51. The zero-order valence-electron chi connectivity index (χ0n) is 14.1. The molecule has 0 spiro atoms. The minimum Gasteiger partial charge on any atom is -0.469 e. The van der Waals surface area contributed by atoms with Crippen molar-refractivity contribution in [2.24, 2.45) is 11.3 Å². The molecule has 3 heteroatoms. The molecule has 0 amide bonds. The number of carbonyl (C=O) groups is 1. The molecule has 1 aliphatic carbocycles. The molecule has 0 aromatic rings. The fourth-order valence-corrected chi connectivity index (χ4v) is 3.40. The molecule has 0 saturated heterocycles. The number of hydrogen-bond acceptors (Lipinski definition) is 3. The lowest BCUT2D eigenvalue weighted by atomic mass is 9.65. The van der Waals surface area contributed by atoms with Gasteiger partial charge in [0.25, 0.3) is 0 Å². The van der Waals surface area contributed by atoms with Gasteiger partial charge in [-0.1, -0.05) is 34.1 Å². The van der Waals surface area contributed by atoms with Crippen LogP contribution in [0.5, 0.6) is 0 Å². The standard InChI is InChI=1S/C17H33NO2/c1-6-12-18-17(13-15(19)20-5)10-8-14(9-11-17)16(3,4)7-2/h14,18H,6-13H2,1-5H3. The van der Waals surface area contributed by atoms with E-state index in [0.717, 1.165) is 31.7 Å². The van der Waals surface area contributed by atoms with Crippen LogP contribution in [-0.4, -0.2) is 25.2 Å². The number of rotatable bonds is 7. The summed E-state index contributed by atoms with van der Waals surface area (Å²) in [5.74, 6) is 0.698. The predicted molar refractivity (Wildman–Crippen MR) is 83.7 cm³/mol. The molecule has 20 heavy (non-hydrogen) atoms. The van der Waals surface area contributed by atoms with Crippen LogP contribution < -0.4 is 5.32 Å². The summed E-state index contributed by atoms with van der Waals surface area (Å²) in [4.78, 5) is 11.7. The first-order valence-corrected chi connectivity index (χ1v) is 8.21. The van der Waals surface area contributed by atoms with Gasteiger partial charge in [-0.05, 0) is 50.0 Å². The van der Waals surface area contributed by atoms with E-state index in [-0.39, 0.29) is 11.5 Å². The number of hydrogen-bond donors (Lipinski definition) is 1. The molecule has 0 aliphatic heterocycles. The molecule has 0 heterocycles. The molecule has 0 aromatic heterocycles.